The lowest BCUT2D eigenvalue weighted by Crippen LogP contribution is -2.75. The van der Waals surface area contributed by atoms with Gasteiger partial charge in [0.25, 0.3) is 8.07 Å². The number of pyridine rings is 2. The smallest absolute Gasteiger partial charge is 0.281 e. The molecule has 33 heavy (non-hydrogen) atoms. The van der Waals surface area contributed by atoms with Crippen molar-refractivity contribution in [1.82, 2.24) is 20.2 Å². The van der Waals surface area contributed by atoms with Gasteiger partial charge in [0.2, 0.25) is 11.4 Å². The van der Waals surface area contributed by atoms with E-state index in [9.17, 15) is 0 Å². The second kappa shape index (κ2) is 8.20. The highest BCUT2D eigenvalue weighted by molar-refractivity contribution is 7.35. The molecule has 1 unspecified atom stereocenters. The molecule has 2 aromatic carbocycles. The molecule has 0 aliphatic carbocycles. The summed E-state index contributed by atoms with van der Waals surface area (Å²) < 4.78 is 7.68. The average Bonchev–Trinajstić information content (AvgIpc) is 3.60. The minimum absolute atomic E-state index is 0.508. The minimum atomic E-state index is -3.00. The Labute approximate surface area is 195 Å². The first-order valence-corrected chi connectivity index (χ1v) is 13.4. The van der Waals surface area contributed by atoms with Crippen LogP contribution in [-0.2, 0) is 0 Å². The molecule has 158 valence electrons. The van der Waals surface area contributed by atoms with Gasteiger partial charge < -0.3 is 4.42 Å². The number of benzene rings is 2. The number of rotatable bonds is 5. The van der Waals surface area contributed by atoms with Crippen molar-refractivity contribution in [3.8, 4) is 11.5 Å². The number of hydrogen-bond acceptors (Lipinski definition) is 6. The number of thiophene rings is 1. The fourth-order valence-corrected chi connectivity index (χ4v) is 10.4. The Bertz CT molecular complexity index is 1520. The number of aromatic nitrogens is 4. The maximum absolute atomic E-state index is 6.50. The van der Waals surface area contributed by atoms with Crippen molar-refractivity contribution < 1.29 is 4.42 Å². The molecule has 0 aliphatic heterocycles. The largest absolute Gasteiger partial charge is 0.424 e. The van der Waals surface area contributed by atoms with Crippen LogP contribution in [0.4, 0.5) is 0 Å². The molecule has 0 fully saturated rings. The van der Waals surface area contributed by atoms with Gasteiger partial charge >= 0.3 is 0 Å². The lowest BCUT2D eigenvalue weighted by Gasteiger charge is -2.28. The zero-order chi connectivity index (χ0) is 22.1. The highest BCUT2D eigenvalue weighted by atomic mass is 32.1. The second-order valence-corrected chi connectivity index (χ2v) is 12.4. The van der Waals surface area contributed by atoms with E-state index in [1.807, 2.05) is 73.1 Å². The summed E-state index contributed by atoms with van der Waals surface area (Å²) in [6.45, 7) is 0. The molecule has 6 aromatic rings. The van der Waals surface area contributed by atoms with Gasteiger partial charge in [-0.3, -0.25) is 9.97 Å². The van der Waals surface area contributed by atoms with Gasteiger partial charge in [-0.15, -0.1) is 10.2 Å². The Hall–Kier alpha value is -3.94. The van der Waals surface area contributed by atoms with Crippen LogP contribution in [0.1, 0.15) is 0 Å². The topological polar surface area (TPSA) is 64.7 Å². The molecule has 0 N–H and O–H groups in total. The first-order valence-electron chi connectivity index (χ1n) is 10.6. The van der Waals surface area contributed by atoms with Crippen LogP contribution in [0.15, 0.2) is 113 Å². The van der Waals surface area contributed by atoms with Crippen LogP contribution in [-0.4, -0.2) is 28.2 Å². The molecule has 0 radical (unpaired) electrons. The third-order valence-electron chi connectivity index (χ3n) is 5.76. The molecule has 0 aliphatic rings. The van der Waals surface area contributed by atoms with E-state index >= 15 is 0 Å². The Balaban J connectivity index is 1.72. The third kappa shape index (κ3) is 3.21. The molecule has 0 saturated heterocycles. The van der Waals surface area contributed by atoms with E-state index in [0.717, 1.165) is 27.0 Å². The average molecular weight is 463 g/mol. The van der Waals surface area contributed by atoms with Crippen molar-refractivity contribution in [3.63, 3.8) is 0 Å². The van der Waals surface area contributed by atoms with Crippen LogP contribution in [0.3, 0.4) is 0 Å². The molecule has 0 spiro atoms. The second-order valence-electron chi connectivity index (χ2n) is 7.60. The summed E-state index contributed by atoms with van der Waals surface area (Å²) in [5, 5.41) is 14.4. The van der Waals surface area contributed by atoms with Gasteiger partial charge in [-0.1, -0.05) is 54.6 Å². The zero-order valence-electron chi connectivity index (χ0n) is 17.5. The highest BCUT2D eigenvalue weighted by Crippen LogP contribution is 2.19. The van der Waals surface area contributed by atoms with Crippen molar-refractivity contribution in [2.45, 2.75) is 0 Å². The SMILES string of the molecule is c1ccc(-c2nnc([Si](c3ccccn3)(c3cccs3)c3ccnc4ccccc34)o2)cc1. The predicted octanol–water partition coefficient (Wildman–Crippen LogP) is 3.12. The molecule has 4 heterocycles. The van der Waals surface area contributed by atoms with Gasteiger partial charge in [0, 0.05) is 33.2 Å². The maximum Gasteiger partial charge on any atom is 0.281 e. The first kappa shape index (κ1) is 19.7. The van der Waals surface area contributed by atoms with Crippen molar-refractivity contribution >= 4 is 50.8 Å². The predicted molar refractivity (Wildman–Crippen MR) is 134 cm³/mol. The van der Waals surface area contributed by atoms with Crippen LogP contribution in [0, 0.1) is 0 Å². The number of hydrogen-bond donors (Lipinski definition) is 0. The van der Waals surface area contributed by atoms with Crippen LogP contribution < -0.4 is 20.5 Å². The van der Waals surface area contributed by atoms with Crippen molar-refractivity contribution in [2.75, 3.05) is 0 Å². The molecule has 7 heteroatoms. The summed E-state index contributed by atoms with van der Waals surface area (Å²) >= 11 is 1.70. The molecule has 5 nitrogen and oxygen atoms in total. The lowest BCUT2D eigenvalue weighted by molar-refractivity contribution is 0.602. The third-order valence-corrected chi connectivity index (χ3v) is 11.8. The fraction of sp³-hybridized carbons (Fsp3) is 0. The molecule has 6 rings (SSSR count). The summed E-state index contributed by atoms with van der Waals surface area (Å²) in [5.74, 6) is 0.508. The van der Waals surface area contributed by atoms with E-state index in [1.54, 1.807) is 11.3 Å². The van der Waals surface area contributed by atoms with E-state index < -0.39 is 8.07 Å². The van der Waals surface area contributed by atoms with Crippen molar-refractivity contribution in [2.24, 2.45) is 0 Å². The molecule has 0 bridgehead atoms. The van der Waals surface area contributed by atoms with E-state index in [0.29, 0.717) is 11.4 Å². The molecular weight excluding hydrogens is 444 g/mol. The highest BCUT2D eigenvalue weighted by Gasteiger charge is 2.50. The van der Waals surface area contributed by atoms with Gasteiger partial charge in [0.05, 0.1) is 5.52 Å². The Morgan fingerprint density at radius 2 is 1.55 bits per heavy atom. The quantitative estimate of drug-likeness (QED) is 0.369. The normalized spacial score (nSPS) is 13.1. The van der Waals surface area contributed by atoms with Crippen molar-refractivity contribution in [1.29, 1.82) is 0 Å². The van der Waals surface area contributed by atoms with Gasteiger partial charge in [-0.2, -0.15) is 11.3 Å². The van der Waals surface area contributed by atoms with Gasteiger partial charge in [-0.05, 0) is 47.0 Å². The summed E-state index contributed by atoms with van der Waals surface area (Å²) in [4.78, 5) is 9.48. The van der Waals surface area contributed by atoms with Crippen LogP contribution in [0.5, 0.6) is 0 Å². The van der Waals surface area contributed by atoms with Gasteiger partial charge in [0.1, 0.15) is 0 Å². The molecule has 4 aromatic heterocycles. The molecular formula is C26H18N4OSSi. The molecule has 0 saturated carbocycles. The van der Waals surface area contributed by atoms with Crippen LogP contribution >= 0.6 is 11.3 Å². The number of nitrogens with zero attached hydrogens (tertiary/aromatic N) is 4. The molecule has 0 amide bonds. The monoisotopic (exact) mass is 462 g/mol. The molecule has 1 atom stereocenters. The summed E-state index contributed by atoms with van der Waals surface area (Å²) in [6, 6.07) is 30.4. The van der Waals surface area contributed by atoms with Crippen LogP contribution in [0.2, 0.25) is 0 Å². The standard InChI is InChI=1S/C26H18N4OSSi/c1-2-9-19(10-3-1)25-29-30-26(31-25)33(24-14-8-18-32-24,23-13-6-7-16-28-23)22-15-17-27-21-12-5-4-11-20(21)22/h1-18H. The zero-order valence-corrected chi connectivity index (χ0v) is 19.3. The minimum Gasteiger partial charge on any atom is -0.424 e. The summed E-state index contributed by atoms with van der Waals surface area (Å²) in [6.07, 6.45) is 3.70. The lowest BCUT2D eigenvalue weighted by atomic mass is 10.2. The Morgan fingerprint density at radius 1 is 0.697 bits per heavy atom. The van der Waals surface area contributed by atoms with Crippen LogP contribution in [0.25, 0.3) is 22.4 Å². The Morgan fingerprint density at radius 3 is 2.36 bits per heavy atom. The Kier molecular flexibility index (Phi) is 4.90. The number of fused-ring (bicyclic) bond motifs is 1. The number of para-hydroxylation sites is 1. The van der Waals surface area contributed by atoms with E-state index in [4.69, 9.17) is 9.40 Å². The summed E-state index contributed by atoms with van der Waals surface area (Å²) in [5.41, 5.74) is 2.44. The van der Waals surface area contributed by atoms with Gasteiger partial charge in [0.15, 0.2) is 0 Å². The van der Waals surface area contributed by atoms with Gasteiger partial charge in [-0.25, -0.2) is 0 Å². The van der Waals surface area contributed by atoms with E-state index in [1.165, 1.54) is 4.50 Å². The van der Waals surface area contributed by atoms with E-state index in [2.05, 4.69) is 50.9 Å². The summed E-state index contributed by atoms with van der Waals surface area (Å²) in [7, 11) is -3.00. The first-order chi connectivity index (χ1) is 16.4. The maximum atomic E-state index is 6.50. The van der Waals surface area contributed by atoms with Crippen molar-refractivity contribution in [3.05, 3.63) is 109 Å². The van der Waals surface area contributed by atoms with E-state index in [-0.39, 0.29) is 0 Å². The fourth-order valence-electron chi connectivity index (χ4n) is 4.30.